The lowest BCUT2D eigenvalue weighted by molar-refractivity contribution is -0.111. The molecule has 106 valence electrons. The fourth-order valence-corrected chi connectivity index (χ4v) is 3.46. The number of rotatable bonds is 5. The van der Waals surface area contributed by atoms with Gasteiger partial charge in [-0.05, 0) is 45.5 Å². The third-order valence-corrected chi connectivity index (χ3v) is 4.78. The average molecular weight is 329 g/mol. The molecule has 0 aromatic heterocycles. The largest absolute Gasteiger partial charge is 0.496 e. The third kappa shape index (κ3) is 2.54. The van der Waals surface area contributed by atoms with Gasteiger partial charge in [-0.2, -0.15) is 0 Å². The van der Waals surface area contributed by atoms with E-state index in [1.54, 1.807) is 7.11 Å². The van der Waals surface area contributed by atoms with Crippen molar-refractivity contribution in [2.24, 2.45) is 11.8 Å². The topological polar surface area (TPSA) is 38.7 Å². The van der Waals surface area contributed by atoms with E-state index < -0.39 is 0 Å². The van der Waals surface area contributed by atoms with Crippen molar-refractivity contribution in [1.29, 1.82) is 0 Å². The van der Waals surface area contributed by atoms with E-state index in [9.17, 15) is 5.11 Å². The first-order chi connectivity index (χ1) is 9.05. The van der Waals surface area contributed by atoms with Gasteiger partial charge in [0, 0.05) is 12.0 Å². The van der Waals surface area contributed by atoms with Crippen LogP contribution in [0.4, 0.5) is 0 Å². The first-order valence-electron chi connectivity index (χ1n) is 6.58. The van der Waals surface area contributed by atoms with Crippen LogP contribution in [0.15, 0.2) is 22.7 Å². The second-order valence-corrected chi connectivity index (χ2v) is 6.39. The number of benzene rings is 1. The Kier molecular flexibility index (Phi) is 4.54. The molecule has 1 N–H and O–H groups in total. The Hall–Kier alpha value is -0.580. The van der Waals surface area contributed by atoms with Gasteiger partial charge in [0.15, 0.2) is 0 Å². The number of hydrogen-bond donors (Lipinski definition) is 1. The summed E-state index contributed by atoms with van der Waals surface area (Å²) >= 11 is 3.53. The van der Waals surface area contributed by atoms with E-state index >= 15 is 0 Å². The highest BCUT2D eigenvalue weighted by atomic mass is 79.9. The van der Waals surface area contributed by atoms with Gasteiger partial charge in [0.2, 0.25) is 0 Å². The minimum atomic E-state index is -0.0717. The van der Waals surface area contributed by atoms with Crippen LogP contribution in [0.1, 0.15) is 19.4 Å². The third-order valence-electron chi connectivity index (χ3n) is 4.16. The zero-order valence-corrected chi connectivity index (χ0v) is 13.2. The molecule has 1 atom stereocenters. The van der Waals surface area contributed by atoms with Crippen LogP contribution in [-0.4, -0.2) is 32.0 Å². The molecule has 3 nitrogen and oxygen atoms in total. The van der Waals surface area contributed by atoms with Crippen molar-refractivity contribution < 1.29 is 14.6 Å². The smallest absolute Gasteiger partial charge is 0.133 e. The molecule has 1 aliphatic rings. The fraction of sp³-hybridized carbons (Fsp3) is 0.600. The molecule has 1 saturated heterocycles. The number of halogens is 1. The summed E-state index contributed by atoms with van der Waals surface area (Å²) in [6.45, 7) is 5.84. The molecular formula is C15H21BrO3. The molecule has 1 fully saturated rings. The molecule has 1 unspecified atom stereocenters. The molecule has 0 bridgehead atoms. The summed E-state index contributed by atoms with van der Waals surface area (Å²) in [6, 6.07) is 6.14. The first kappa shape index (κ1) is 14.8. The predicted octanol–water partition coefficient (Wildman–Crippen LogP) is 2.99. The summed E-state index contributed by atoms with van der Waals surface area (Å²) in [5, 5.41) is 9.74. The van der Waals surface area contributed by atoms with Crippen molar-refractivity contribution in [2.75, 3.05) is 26.9 Å². The normalized spacial score (nSPS) is 19.1. The average Bonchev–Trinajstić information content (AvgIpc) is 2.32. The lowest BCUT2D eigenvalue weighted by Gasteiger charge is -2.49. The van der Waals surface area contributed by atoms with Gasteiger partial charge < -0.3 is 14.6 Å². The van der Waals surface area contributed by atoms with Crippen molar-refractivity contribution in [2.45, 2.75) is 19.3 Å². The fourth-order valence-electron chi connectivity index (χ4n) is 2.92. The molecule has 0 saturated carbocycles. The minimum absolute atomic E-state index is 0.0717. The molecule has 1 aromatic rings. The second-order valence-electron chi connectivity index (χ2n) is 5.53. The minimum Gasteiger partial charge on any atom is -0.496 e. The Morgan fingerprint density at radius 3 is 2.47 bits per heavy atom. The van der Waals surface area contributed by atoms with E-state index in [0.717, 1.165) is 10.2 Å². The molecule has 2 rings (SSSR count). The van der Waals surface area contributed by atoms with Crippen LogP contribution >= 0.6 is 15.9 Å². The van der Waals surface area contributed by atoms with Gasteiger partial charge in [-0.25, -0.2) is 0 Å². The zero-order valence-electron chi connectivity index (χ0n) is 11.6. The lowest BCUT2D eigenvalue weighted by Crippen LogP contribution is -2.55. The van der Waals surface area contributed by atoms with Crippen molar-refractivity contribution in [1.82, 2.24) is 0 Å². The number of ether oxygens (including phenoxy) is 2. The van der Waals surface area contributed by atoms with Crippen LogP contribution in [0.25, 0.3) is 0 Å². The van der Waals surface area contributed by atoms with Crippen LogP contribution < -0.4 is 4.74 Å². The van der Waals surface area contributed by atoms with Crippen molar-refractivity contribution in [3.63, 3.8) is 0 Å². The standard InChI is InChI=1S/C15H21BrO3/c1-10(2)12(7-17)15(8-19-9-15)11-4-5-14(18-3)13(16)6-11/h4-6,10,12,17H,7-9H2,1-3H3. The van der Waals surface area contributed by atoms with Gasteiger partial charge in [-0.1, -0.05) is 19.9 Å². The Balaban J connectivity index is 2.38. The maximum absolute atomic E-state index is 9.74. The quantitative estimate of drug-likeness (QED) is 0.903. The van der Waals surface area contributed by atoms with Gasteiger partial charge >= 0.3 is 0 Å². The summed E-state index contributed by atoms with van der Waals surface area (Å²) in [4.78, 5) is 0. The van der Waals surface area contributed by atoms with E-state index in [1.807, 2.05) is 6.07 Å². The highest BCUT2D eigenvalue weighted by Crippen LogP contribution is 2.44. The van der Waals surface area contributed by atoms with Gasteiger partial charge in [0.25, 0.3) is 0 Å². The molecule has 0 aliphatic carbocycles. The highest BCUT2D eigenvalue weighted by molar-refractivity contribution is 9.10. The summed E-state index contributed by atoms with van der Waals surface area (Å²) < 4.78 is 11.7. The molecule has 1 aliphatic heterocycles. The molecule has 0 radical (unpaired) electrons. The van der Waals surface area contributed by atoms with E-state index in [4.69, 9.17) is 9.47 Å². The van der Waals surface area contributed by atoms with E-state index in [2.05, 4.69) is 41.9 Å². The molecule has 4 heteroatoms. The highest BCUT2D eigenvalue weighted by Gasteiger charge is 2.48. The summed E-state index contributed by atoms with van der Waals surface area (Å²) in [5.41, 5.74) is 1.14. The van der Waals surface area contributed by atoms with Gasteiger partial charge in [0.1, 0.15) is 5.75 Å². The molecule has 19 heavy (non-hydrogen) atoms. The maximum atomic E-state index is 9.74. The molecular weight excluding hydrogens is 308 g/mol. The van der Waals surface area contributed by atoms with Gasteiger partial charge in [-0.15, -0.1) is 0 Å². The SMILES string of the molecule is COc1ccc(C2(C(CO)C(C)C)COC2)cc1Br. The van der Waals surface area contributed by atoms with Crippen molar-refractivity contribution in [3.8, 4) is 5.75 Å². The summed E-state index contributed by atoms with van der Waals surface area (Å²) in [7, 11) is 1.66. The Bertz CT molecular complexity index is 441. The van der Waals surface area contributed by atoms with Crippen molar-refractivity contribution >= 4 is 15.9 Å². The molecule has 0 amide bonds. The molecule has 0 spiro atoms. The number of hydrogen-bond acceptors (Lipinski definition) is 3. The van der Waals surface area contributed by atoms with Crippen LogP contribution in [0, 0.1) is 11.8 Å². The molecule has 1 heterocycles. The van der Waals surface area contributed by atoms with Crippen LogP contribution in [0.2, 0.25) is 0 Å². The van der Waals surface area contributed by atoms with Crippen molar-refractivity contribution in [3.05, 3.63) is 28.2 Å². The van der Waals surface area contributed by atoms with Crippen LogP contribution in [0.3, 0.4) is 0 Å². The summed E-state index contributed by atoms with van der Waals surface area (Å²) in [5.74, 6) is 1.44. The summed E-state index contributed by atoms with van der Waals surface area (Å²) in [6.07, 6.45) is 0. The monoisotopic (exact) mass is 328 g/mol. The van der Waals surface area contributed by atoms with Gasteiger partial charge in [-0.3, -0.25) is 0 Å². The van der Waals surface area contributed by atoms with Crippen LogP contribution in [0.5, 0.6) is 5.75 Å². The Labute approximate surface area is 123 Å². The van der Waals surface area contributed by atoms with Gasteiger partial charge in [0.05, 0.1) is 24.8 Å². The zero-order chi connectivity index (χ0) is 14.0. The Morgan fingerprint density at radius 1 is 1.42 bits per heavy atom. The number of aliphatic hydroxyl groups excluding tert-OH is 1. The number of methoxy groups -OCH3 is 1. The molecule has 1 aromatic carbocycles. The van der Waals surface area contributed by atoms with E-state index in [-0.39, 0.29) is 17.9 Å². The first-order valence-corrected chi connectivity index (χ1v) is 7.37. The van der Waals surface area contributed by atoms with E-state index in [0.29, 0.717) is 19.1 Å². The predicted molar refractivity (Wildman–Crippen MR) is 78.6 cm³/mol. The Morgan fingerprint density at radius 2 is 2.11 bits per heavy atom. The second kappa shape index (κ2) is 5.81. The number of aliphatic hydroxyl groups is 1. The van der Waals surface area contributed by atoms with E-state index in [1.165, 1.54) is 5.56 Å². The lowest BCUT2D eigenvalue weighted by atomic mass is 9.65. The van der Waals surface area contributed by atoms with Crippen LogP contribution in [-0.2, 0) is 10.2 Å². The maximum Gasteiger partial charge on any atom is 0.133 e.